The van der Waals surface area contributed by atoms with Gasteiger partial charge in [-0.25, -0.2) is 9.37 Å². The van der Waals surface area contributed by atoms with Gasteiger partial charge in [0.1, 0.15) is 11.5 Å². The normalized spacial score (nSPS) is 15.0. The van der Waals surface area contributed by atoms with Crippen LogP contribution in [0.15, 0.2) is 36.8 Å². The molecule has 1 aromatic carbocycles. The van der Waals surface area contributed by atoms with Crippen molar-refractivity contribution in [1.29, 1.82) is 0 Å². The SMILES string of the molecule is Cc1cc(C(=O)N2CCCN(C(=O)c3cnccn3)CC2)ccc1F. The maximum absolute atomic E-state index is 13.4. The highest BCUT2D eigenvalue weighted by molar-refractivity contribution is 5.95. The second kappa shape index (κ2) is 7.38. The van der Waals surface area contributed by atoms with E-state index in [-0.39, 0.29) is 17.6 Å². The fraction of sp³-hybridized carbons (Fsp3) is 0.333. The van der Waals surface area contributed by atoms with Gasteiger partial charge in [-0.05, 0) is 37.1 Å². The van der Waals surface area contributed by atoms with Crippen LogP contribution in [0, 0.1) is 12.7 Å². The molecule has 0 atom stereocenters. The Morgan fingerprint density at radius 1 is 1.04 bits per heavy atom. The Hall–Kier alpha value is -2.83. The van der Waals surface area contributed by atoms with Crippen LogP contribution in [-0.2, 0) is 0 Å². The second-order valence-electron chi connectivity index (χ2n) is 5.99. The molecule has 0 aliphatic carbocycles. The first kappa shape index (κ1) is 17.0. The van der Waals surface area contributed by atoms with E-state index in [0.29, 0.717) is 49.4 Å². The molecule has 1 saturated heterocycles. The van der Waals surface area contributed by atoms with E-state index in [1.165, 1.54) is 30.7 Å². The molecule has 2 aromatic rings. The van der Waals surface area contributed by atoms with Crippen molar-refractivity contribution >= 4 is 11.8 Å². The highest BCUT2D eigenvalue weighted by atomic mass is 19.1. The molecule has 1 aromatic heterocycles. The van der Waals surface area contributed by atoms with Crippen molar-refractivity contribution in [2.24, 2.45) is 0 Å². The lowest BCUT2D eigenvalue weighted by molar-refractivity contribution is 0.0715. The van der Waals surface area contributed by atoms with E-state index in [9.17, 15) is 14.0 Å². The maximum atomic E-state index is 13.4. The van der Waals surface area contributed by atoms with Crippen molar-refractivity contribution in [3.8, 4) is 0 Å². The molecule has 0 bridgehead atoms. The molecule has 0 unspecified atom stereocenters. The van der Waals surface area contributed by atoms with Gasteiger partial charge in [0.05, 0.1) is 6.20 Å². The Morgan fingerprint density at radius 3 is 2.40 bits per heavy atom. The fourth-order valence-electron chi connectivity index (χ4n) is 2.86. The number of halogens is 1. The minimum atomic E-state index is -0.326. The molecule has 1 aliphatic rings. The van der Waals surface area contributed by atoms with Gasteiger partial charge in [0.15, 0.2) is 0 Å². The third kappa shape index (κ3) is 3.81. The Kier molecular flexibility index (Phi) is 5.02. The lowest BCUT2D eigenvalue weighted by atomic mass is 10.1. The number of nitrogens with zero attached hydrogens (tertiary/aromatic N) is 4. The molecule has 130 valence electrons. The summed E-state index contributed by atoms with van der Waals surface area (Å²) in [6.07, 6.45) is 5.12. The largest absolute Gasteiger partial charge is 0.337 e. The molecule has 25 heavy (non-hydrogen) atoms. The first-order valence-electron chi connectivity index (χ1n) is 8.17. The van der Waals surface area contributed by atoms with Crippen LogP contribution in [0.3, 0.4) is 0 Å². The van der Waals surface area contributed by atoms with Gasteiger partial charge in [0.25, 0.3) is 11.8 Å². The zero-order valence-electron chi connectivity index (χ0n) is 14.0. The molecular weight excluding hydrogens is 323 g/mol. The Labute approximate surface area is 145 Å². The summed E-state index contributed by atoms with van der Waals surface area (Å²) < 4.78 is 13.4. The quantitative estimate of drug-likeness (QED) is 0.836. The number of carbonyl (C=O) groups is 2. The van der Waals surface area contributed by atoms with Gasteiger partial charge >= 0.3 is 0 Å². The molecule has 2 heterocycles. The molecule has 0 saturated carbocycles. The van der Waals surface area contributed by atoms with Crippen molar-refractivity contribution in [2.45, 2.75) is 13.3 Å². The van der Waals surface area contributed by atoms with Crippen molar-refractivity contribution in [3.63, 3.8) is 0 Å². The van der Waals surface area contributed by atoms with Crippen LogP contribution < -0.4 is 0 Å². The van der Waals surface area contributed by atoms with Crippen LogP contribution in [0.1, 0.15) is 32.8 Å². The number of hydrogen-bond donors (Lipinski definition) is 0. The molecule has 2 amide bonds. The first-order chi connectivity index (χ1) is 12.1. The van der Waals surface area contributed by atoms with Crippen molar-refractivity contribution in [1.82, 2.24) is 19.8 Å². The van der Waals surface area contributed by atoms with Crippen molar-refractivity contribution < 1.29 is 14.0 Å². The number of carbonyl (C=O) groups excluding carboxylic acids is 2. The first-order valence-corrected chi connectivity index (χ1v) is 8.17. The maximum Gasteiger partial charge on any atom is 0.274 e. The summed E-state index contributed by atoms with van der Waals surface area (Å²) >= 11 is 0. The van der Waals surface area contributed by atoms with Crippen LogP contribution >= 0.6 is 0 Å². The van der Waals surface area contributed by atoms with Crippen LogP contribution in [0.4, 0.5) is 4.39 Å². The molecule has 0 spiro atoms. The Bertz CT molecular complexity index is 782. The zero-order valence-corrected chi connectivity index (χ0v) is 14.0. The molecule has 7 heteroatoms. The summed E-state index contributed by atoms with van der Waals surface area (Å²) in [5.74, 6) is -0.648. The fourth-order valence-corrected chi connectivity index (χ4v) is 2.86. The summed E-state index contributed by atoms with van der Waals surface area (Å²) in [6.45, 7) is 3.61. The van der Waals surface area contributed by atoms with Crippen molar-refractivity contribution in [2.75, 3.05) is 26.2 Å². The predicted molar refractivity (Wildman–Crippen MR) is 89.6 cm³/mol. The second-order valence-corrected chi connectivity index (χ2v) is 5.99. The average molecular weight is 342 g/mol. The minimum Gasteiger partial charge on any atom is -0.337 e. The molecule has 3 rings (SSSR count). The van der Waals surface area contributed by atoms with E-state index in [2.05, 4.69) is 9.97 Å². The Morgan fingerprint density at radius 2 is 1.76 bits per heavy atom. The van der Waals surface area contributed by atoms with Crippen LogP contribution in [0.5, 0.6) is 0 Å². The lowest BCUT2D eigenvalue weighted by Gasteiger charge is -2.22. The Balaban J connectivity index is 1.68. The molecule has 0 N–H and O–H groups in total. The summed E-state index contributed by atoms with van der Waals surface area (Å²) in [6, 6.07) is 4.37. The highest BCUT2D eigenvalue weighted by Gasteiger charge is 2.24. The highest BCUT2D eigenvalue weighted by Crippen LogP contribution is 2.14. The van der Waals surface area contributed by atoms with Crippen LogP contribution in [0.25, 0.3) is 0 Å². The van der Waals surface area contributed by atoms with Gasteiger partial charge in [-0.1, -0.05) is 0 Å². The minimum absolute atomic E-state index is 0.142. The molecule has 1 aliphatic heterocycles. The monoisotopic (exact) mass is 342 g/mol. The number of aryl methyl sites for hydroxylation is 1. The van der Waals surface area contributed by atoms with E-state index < -0.39 is 0 Å². The topological polar surface area (TPSA) is 66.4 Å². The number of rotatable bonds is 2. The number of amides is 2. The summed E-state index contributed by atoms with van der Waals surface area (Å²) in [7, 11) is 0. The predicted octanol–water partition coefficient (Wildman–Crippen LogP) is 1.91. The van der Waals surface area contributed by atoms with Crippen molar-refractivity contribution in [3.05, 3.63) is 59.4 Å². The zero-order chi connectivity index (χ0) is 17.8. The molecule has 1 fully saturated rings. The van der Waals surface area contributed by atoms with Gasteiger partial charge in [-0.15, -0.1) is 0 Å². The van der Waals surface area contributed by atoms with E-state index in [1.54, 1.807) is 22.8 Å². The van der Waals surface area contributed by atoms with E-state index in [1.807, 2.05) is 0 Å². The van der Waals surface area contributed by atoms with Crippen LogP contribution in [-0.4, -0.2) is 57.8 Å². The standard InChI is InChI=1S/C18H19FN4O2/c1-13-11-14(3-4-15(13)19)17(24)22-7-2-8-23(10-9-22)18(25)16-12-20-5-6-21-16/h3-6,11-12H,2,7-10H2,1H3. The number of hydrogen-bond acceptors (Lipinski definition) is 4. The summed E-state index contributed by atoms with van der Waals surface area (Å²) in [5, 5.41) is 0. The van der Waals surface area contributed by atoms with Crippen LogP contribution in [0.2, 0.25) is 0 Å². The van der Waals surface area contributed by atoms with Gasteiger partial charge in [-0.2, -0.15) is 0 Å². The van der Waals surface area contributed by atoms with Gasteiger partial charge in [-0.3, -0.25) is 14.6 Å². The molecular formula is C18H19FN4O2. The summed E-state index contributed by atoms with van der Waals surface area (Å²) in [4.78, 5) is 36.4. The van der Waals surface area contributed by atoms with Gasteiger partial charge in [0, 0.05) is 44.1 Å². The average Bonchev–Trinajstić information content (AvgIpc) is 2.89. The summed E-state index contributed by atoms with van der Waals surface area (Å²) in [5.41, 5.74) is 1.21. The van der Waals surface area contributed by atoms with Gasteiger partial charge < -0.3 is 9.80 Å². The van der Waals surface area contributed by atoms with E-state index >= 15 is 0 Å². The van der Waals surface area contributed by atoms with E-state index in [0.717, 1.165) is 0 Å². The van der Waals surface area contributed by atoms with E-state index in [4.69, 9.17) is 0 Å². The third-order valence-electron chi connectivity index (χ3n) is 4.26. The number of aromatic nitrogens is 2. The molecule has 6 nitrogen and oxygen atoms in total. The lowest BCUT2D eigenvalue weighted by Crippen LogP contribution is -2.37. The molecule has 0 radical (unpaired) electrons. The smallest absolute Gasteiger partial charge is 0.274 e. The number of benzene rings is 1. The van der Waals surface area contributed by atoms with Gasteiger partial charge in [0.2, 0.25) is 0 Å². The third-order valence-corrected chi connectivity index (χ3v) is 4.26.